The summed E-state index contributed by atoms with van der Waals surface area (Å²) in [6.07, 6.45) is -0.0408. The van der Waals surface area contributed by atoms with E-state index in [2.05, 4.69) is 15.9 Å². The molecule has 1 aromatic carbocycles. The molecule has 0 saturated carbocycles. The van der Waals surface area contributed by atoms with Gasteiger partial charge in [0.2, 0.25) is 0 Å². The molecule has 2 unspecified atom stereocenters. The van der Waals surface area contributed by atoms with Crippen LogP contribution in [0.4, 0.5) is 0 Å². The second-order valence-corrected chi connectivity index (χ2v) is 4.32. The highest BCUT2D eigenvalue weighted by Crippen LogP contribution is 2.31. The van der Waals surface area contributed by atoms with Crippen molar-refractivity contribution in [3.05, 3.63) is 28.2 Å². The molecule has 1 rings (SSSR count). The number of hydrogen-bond acceptors (Lipinski definition) is 3. The monoisotopic (exact) mass is 274 g/mol. The maximum atomic E-state index is 9.72. The molecule has 0 aliphatic carbocycles. The molecule has 0 heterocycles. The lowest BCUT2D eigenvalue weighted by molar-refractivity contribution is 0.103. The summed E-state index contributed by atoms with van der Waals surface area (Å²) >= 11 is 3.34. The summed E-state index contributed by atoms with van der Waals surface area (Å²) in [5, 5.41) is 28.3. The third kappa shape index (κ3) is 2.93. The van der Waals surface area contributed by atoms with E-state index in [1.54, 1.807) is 18.2 Å². The number of rotatable bonds is 4. The van der Waals surface area contributed by atoms with E-state index < -0.39 is 6.10 Å². The van der Waals surface area contributed by atoms with Gasteiger partial charge in [-0.25, -0.2) is 0 Å². The van der Waals surface area contributed by atoms with Crippen LogP contribution in [0.25, 0.3) is 0 Å². The molecule has 0 aliphatic heterocycles. The van der Waals surface area contributed by atoms with Crippen molar-refractivity contribution in [2.24, 2.45) is 0 Å². The Kier molecular flexibility index (Phi) is 4.57. The van der Waals surface area contributed by atoms with E-state index >= 15 is 0 Å². The minimum absolute atomic E-state index is 0.134. The van der Waals surface area contributed by atoms with Crippen LogP contribution in [0.2, 0.25) is 0 Å². The Labute approximate surface area is 97.5 Å². The minimum atomic E-state index is -0.604. The average molecular weight is 275 g/mol. The molecule has 0 aromatic heterocycles. The van der Waals surface area contributed by atoms with Crippen LogP contribution >= 0.6 is 15.9 Å². The Morgan fingerprint density at radius 1 is 1.40 bits per heavy atom. The fourth-order valence-electron chi connectivity index (χ4n) is 1.53. The van der Waals surface area contributed by atoms with Gasteiger partial charge in [0.1, 0.15) is 5.75 Å². The van der Waals surface area contributed by atoms with E-state index in [1.807, 2.05) is 6.92 Å². The van der Waals surface area contributed by atoms with Crippen LogP contribution in [0, 0.1) is 0 Å². The SMILES string of the molecule is CCC(O)C(CO)c1cc(O)ccc1Br. The summed E-state index contributed by atoms with van der Waals surface area (Å²) < 4.78 is 0.784. The van der Waals surface area contributed by atoms with Crippen LogP contribution in [0.15, 0.2) is 22.7 Å². The summed E-state index contributed by atoms with van der Waals surface area (Å²) in [6, 6.07) is 4.82. The van der Waals surface area contributed by atoms with E-state index in [0.717, 1.165) is 10.0 Å². The number of phenols is 1. The maximum absolute atomic E-state index is 9.72. The smallest absolute Gasteiger partial charge is 0.115 e. The van der Waals surface area contributed by atoms with Crippen molar-refractivity contribution < 1.29 is 15.3 Å². The van der Waals surface area contributed by atoms with Crippen LogP contribution < -0.4 is 0 Å². The molecule has 15 heavy (non-hydrogen) atoms. The first kappa shape index (κ1) is 12.5. The van der Waals surface area contributed by atoms with E-state index in [4.69, 9.17) is 0 Å². The summed E-state index contributed by atoms with van der Waals surface area (Å²) in [7, 11) is 0. The fourth-order valence-corrected chi connectivity index (χ4v) is 2.07. The minimum Gasteiger partial charge on any atom is -0.508 e. The molecule has 0 bridgehead atoms. The standard InChI is InChI=1S/C11H15BrO3/c1-2-11(15)9(6-13)8-5-7(14)3-4-10(8)12/h3-5,9,11,13-15H,2,6H2,1H3. The molecule has 84 valence electrons. The van der Waals surface area contributed by atoms with Crippen molar-refractivity contribution in [1.82, 2.24) is 0 Å². The normalized spacial score (nSPS) is 14.9. The van der Waals surface area contributed by atoms with Crippen molar-refractivity contribution in [1.29, 1.82) is 0 Å². The van der Waals surface area contributed by atoms with Gasteiger partial charge >= 0.3 is 0 Å². The van der Waals surface area contributed by atoms with Crippen LogP contribution in [0.3, 0.4) is 0 Å². The summed E-state index contributed by atoms with van der Waals surface area (Å²) in [6.45, 7) is 1.71. The average Bonchev–Trinajstić information content (AvgIpc) is 2.23. The highest BCUT2D eigenvalue weighted by molar-refractivity contribution is 9.10. The molecule has 0 amide bonds. The molecule has 1 aromatic rings. The third-order valence-corrected chi connectivity index (χ3v) is 3.18. The van der Waals surface area contributed by atoms with Crippen molar-refractivity contribution in [3.8, 4) is 5.75 Å². The number of aromatic hydroxyl groups is 1. The summed E-state index contributed by atoms with van der Waals surface area (Å²) in [5.41, 5.74) is 0.729. The molecular weight excluding hydrogens is 260 g/mol. The van der Waals surface area contributed by atoms with Crippen LogP contribution in [-0.4, -0.2) is 28.0 Å². The molecule has 0 aliphatic rings. The van der Waals surface area contributed by atoms with Gasteiger partial charge in [-0.2, -0.15) is 0 Å². The lowest BCUT2D eigenvalue weighted by atomic mass is 9.92. The number of phenolic OH excluding ortho intramolecular Hbond substituents is 1. The van der Waals surface area contributed by atoms with Gasteiger partial charge < -0.3 is 15.3 Å². The van der Waals surface area contributed by atoms with E-state index in [0.29, 0.717) is 6.42 Å². The van der Waals surface area contributed by atoms with Gasteiger partial charge in [0.15, 0.2) is 0 Å². The Morgan fingerprint density at radius 3 is 2.60 bits per heavy atom. The molecule has 3 N–H and O–H groups in total. The van der Waals surface area contributed by atoms with Gasteiger partial charge in [0, 0.05) is 10.4 Å². The Balaban J connectivity index is 3.05. The first-order chi connectivity index (χ1) is 7.10. The largest absolute Gasteiger partial charge is 0.508 e. The molecule has 0 radical (unpaired) electrons. The van der Waals surface area contributed by atoms with Crippen molar-refractivity contribution >= 4 is 15.9 Å². The van der Waals surface area contributed by atoms with Crippen LogP contribution in [-0.2, 0) is 0 Å². The van der Waals surface area contributed by atoms with E-state index in [1.165, 1.54) is 0 Å². The highest BCUT2D eigenvalue weighted by Gasteiger charge is 2.21. The van der Waals surface area contributed by atoms with Crippen LogP contribution in [0.5, 0.6) is 5.75 Å². The molecule has 0 saturated heterocycles. The van der Waals surface area contributed by atoms with Gasteiger partial charge in [-0.3, -0.25) is 0 Å². The lowest BCUT2D eigenvalue weighted by Gasteiger charge is -2.21. The third-order valence-electron chi connectivity index (χ3n) is 2.46. The first-order valence-corrected chi connectivity index (χ1v) is 5.66. The molecule has 0 spiro atoms. The second kappa shape index (κ2) is 5.49. The van der Waals surface area contributed by atoms with E-state index in [-0.39, 0.29) is 18.3 Å². The maximum Gasteiger partial charge on any atom is 0.115 e. The fraction of sp³-hybridized carbons (Fsp3) is 0.455. The van der Waals surface area contributed by atoms with Gasteiger partial charge in [0.25, 0.3) is 0 Å². The van der Waals surface area contributed by atoms with Gasteiger partial charge in [-0.05, 0) is 30.2 Å². The molecule has 2 atom stereocenters. The molecule has 4 heteroatoms. The van der Waals surface area contributed by atoms with Gasteiger partial charge in [-0.15, -0.1) is 0 Å². The number of benzene rings is 1. The number of aliphatic hydroxyl groups excluding tert-OH is 2. The Hall–Kier alpha value is -0.580. The number of aliphatic hydroxyl groups is 2. The lowest BCUT2D eigenvalue weighted by Crippen LogP contribution is -2.21. The zero-order valence-corrected chi connectivity index (χ0v) is 10.1. The van der Waals surface area contributed by atoms with Gasteiger partial charge in [0.05, 0.1) is 12.7 Å². The molecule has 3 nitrogen and oxygen atoms in total. The van der Waals surface area contributed by atoms with Crippen molar-refractivity contribution in [2.45, 2.75) is 25.4 Å². The number of halogens is 1. The summed E-state index contributed by atoms with van der Waals surface area (Å²) in [4.78, 5) is 0. The van der Waals surface area contributed by atoms with Gasteiger partial charge in [-0.1, -0.05) is 22.9 Å². The quantitative estimate of drug-likeness (QED) is 0.787. The van der Waals surface area contributed by atoms with Crippen LogP contribution in [0.1, 0.15) is 24.8 Å². The highest BCUT2D eigenvalue weighted by atomic mass is 79.9. The predicted octanol–water partition coefficient (Wildman–Crippen LogP) is 2.00. The second-order valence-electron chi connectivity index (χ2n) is 3.47. The Morgan fingerprint density at radius 2 is 2.07 bits per heavy atom. The predicted molar refractivity (Wildman–Crippen MR) is 61.9 cm³/mol. The van der Waals surface area contributed by atoms with E-state index in [9.17, 15) is 15.3 Å². The first-order valence-electron chi connectivity index (χ1n) is 4.87. The van der Waals surface area contributed by atoms with Crippen molar-refractivity contribution in [2.75, 3.05) is 6.61 Å². The topological polar surface area (TPSA) is 60.7 Å². The zero-order chi connectivity index (χ0) is 11.4. The van der Waals surface area contributed by atoms with Crippen molar-refractivity contribution in [3.63, 3.8) is 0 Å². The zero-order valence-electron chi connectivity index (χ0n) is 8.52. The summed E-state index contributed by atoms with van der Waals surface area (Å²) in [5.74, 6) is -0.230. The molecule has 0 fully saturated rings. The molecular formula is C11H15BrO3. The number of hydrogen-bond donors (Lipinski definition) is 3. The Bertz CT molecular complexity index is 328.